The summed E-state index contributed by atoms with van der Waals surface area (Å²) >= 11 is 0. The molecule has 0 saturated heterocycles. The van der Waals surface area contributed by atoms with Crippen molar-refractivity contribution in [2.24, 2.45) is 5.92 Å². The molecule has 21 heavy (non-hydrogen) atoms. The van der Waals surface area contributed by atoms with E-state index < -0.39 is 0 Å². The third-order valence-electron chi connectivity index (χ3n) is 3.83. The highest BCUT2D eigenvalue weighted by Crippen LogP contribution is 2.21. The molecule has 0 spiro atoms. The fourth-order valence-electron chi connectivity index (χ4n) is 2.79. The van der Waals surface area contributed by atoms with E-state index in [9.17, 15) is 0 Å². The first-order valence-corrected chi connectivity index (χ1v) is 8.13. The van der Waals surface area contributed by atoms with E-state index in [4.69, 9.17) is 0 Å². The van der Waals surface area contributed by atoms with Crippen LogP contribution in [0.25, 0.3) is 0 Å². The van der Waals surface area contributed by atoms with E-state index in [0.717, 1.165) is 13.1 Å². The Labute approximate surface area is 129 Å². The third kappa shape index (κ3) is 4.75. The minimum atomic E-state index is 0.427. The molecular formula is C19H28N2. The molecule has 2 rings (SSSR count). The Kier molecular flexibility index (Phi) is 6.06. The van der Waals surface area contributed by atoms with Gasteiger partial charge in [-0.1, -0.05) is 51.1 Å². The van der Waals surface area contributed by atoms with Gasteiger partial charge in [-0.2, -0.15) is 0 Å². The summed E-state index contributed by atoms with van der Waals surface area (Å²) in [6.07, 6.45) is 4.52. The average Bonchev–Trinajstić information content (AvgIpc) is 2.92. The summed E-state index contributed by atoms with van der Waals surface area (Å²) in [7, 11) is 0. The number of aryl methyl sites for hydroxylation is 1. The molecule has 1 heterocycles. The summed E-state index contributed by atoms with van der Waals surface area (Å²) < 4.78 is 2.35. The predicted octanol–water partition coefficient (Wildman–Crippen LogP) is 4.78. The van der Waals surface area contributed by atoms with Crippen LogP contribution >= 0.6 is 0 Å². The number of nitrogens with one attached hydrogen (secondary N) is 1. The first-order chi connectivity index (χ1) is 10.2. The molecule has 1 aromatic carbocycles. The van der Waals surface area contributed by atoms with Crippen LogP contribution in [0, 0.1) is 5.92 Å². The van der Waals surface area contributed by atoms with Gasteiger partial charge in [-0.05, 0) is 36.5 Å². The molecular weight excluding hydrogens is 256 g/mol. The average molecular weight is 284 g/mol. The second kappa shape index (κ2) is 8.04. The van der Waals surface area contributed by atoms with Crippen LogP contribution < -0.4 is 5.32 Å². The highest BCUT2D eigenvalue weighted by Gasteiger charge is 2.13. The van der Waals surface area contributed by atoms with Gasteiger partial charge >= 0.3 is 0 Å². The number of aromatic nitrogens is 1. The van der Waals surface area contributed by atoms with Gasteiger partial charge in [-0.3, -0.25) is 0 Å². The highest BCUT2D eigenvalue weighted by molar-refractivity contribution is 5.19. The number of benzene rings is 1. The molecule has 0 aliphatic heterocycles. The van der Waals surface area contributed by atoms with Crippen molar-refractivity contribution in [1.82, 2.24) is 9.88 Å². The van der Waals surface area contributed by atoms with E-state index >= 15 is 0 Å². The van der Waals surface area contributed by atoms with Gasteiger partial charge in [0, 0.05) is 31.0 Å². The quantitative estimate of drug-likeness (QED) is 0.738. The van der Waals surface area contributed by atoms with E-state index in [1.807, 2.05) is 0 Å². The lowest BCUT2D eigenvalue weighted by molar-refractivity contribution is 0.422. The SMILES string of the molecule is CCCn1cccc1CNC(CC(C)C)c1ccccc1. The standard InChI is InChI=1S/C19H28N2/c1-4-12-21-13-8-11-18(21)15-20-19(14-16(2)3)17-9-6-5-7-10-17/h5-11,13,16,19-20H,4,12,14-15H2,1-3H3. The minimum absolute atomic E-state index is 0.427. The van der Waals surface area contributed by atoms with E-state index in [0.29, 0.717) is 12.0 Å². The predicted molar refractivity (Wildman–Crippen MR) is 90.2 cm³/mol. The van der Waals surface area contributed by atoms with Gasteiger partial charge in [-0.15, -0.1) is 0 Å². The Bertz CT molecular complexity index is 513. The zero-order chi connectivity index (χ0) is 15.1. The summed E-state index contributed by atoms with van der Waals surface area (Å²) in [5.41, 5.74) is 2.77. The Balaban J connectivity index is 2.03. The molecule has 2 heteroatoms. The van der Waals surface area contributed by atoms with E-state index in [-0.39, 0.29) is 0 Å². The lowest BCUT2D eigenvalue weighted by atomic mass is 9.97. The summed E-state index contributed by atoms with van der Waals surface area (Å²) in [6.45, 7) is 8.83. The fourth-order valence-corrected chi connectivity index (χ4v) is 2.79. The van der Waals surface area contributed by atoms with Gasteiger partial charge in [0.15, 0.2) is 0 Å². The van der Waals surface area contributed by atoms with E-state index in [1.165, 1.54) is 24.1 Å². The van der Waals surface area contributed by atoms with Crippen molar-refractivity contribution in [2.75, 3.05) is 0 Å². The van der Waals surface area contributed by atoms with Crippen molar-refractivity contribution in [3.63, 3.8) is 0 Å². The lowest BCUT2D eigenvalue weighted by Gasteiger charge is -2.22. The molecule has 0 bridgehead atoms. The van der Waals surface area contributed by atoms with Crippen molar-refractivity contribution in [1.29, 1.82) is 0 Å². The van der Waals surface area contributed by atoms with Crippen molar-refractivity contribution < 1.29 is 0 Å². The number of hydrogen-bond donors (Lipinski definition) is 1. The summed E-state index contributed by atoms with van der Waals surface area (Å²) in [5.74, 6) is 0.685. The van der Waals surface area contributed by atoms with Crippen LogP contribution in [0.1, 0.15) is 50.9 Å². The fraction of sp³-hybridized carbons (Fsp3) is 0.474. The molecule has 2 nitrogen and oxygen atoms in total. The van der Waals surface area contributed by atoms with E-state index in [1.54, 1.807) is 0 Å². The van der Waals surface area contributed by atoms with Gasteiger partial charge < -0.3 is 9.88 Å². The summed E-state index contributed by atoms with van der Waals surface area (Å²) in [6, 6.07) is 15.6. The van der Waals surface area contributed by atoms with Gasteiger partial charge in [0.2, 0.25) is 0 Å². The maximum atomic E-state index is 3.75. The topological polar surface area (TPSA) is 17.0 Å². The molecule has 1 aromatic heterocycles. The molecule has 0 radical (unpaired) electrons. The minimum Gasteiger partial charge on any atom is -0.350 e. The van der Waals surface area contributed by atoms with Crippen molar-refractivity contribution in [3.8, 4) is 0 Å². The van der Waals surface area contributed by atoms with Crippen LogP contribution in [0.15, 0.2) is 48.7 Å². The highest BCUT2D eigenvalue weighted by atomic mass is 15.0. The zero-order valence-electron chi connectivity index (χ0n) is 13.5. The monoisotopic (exact) mass is 284 g/mol. The molecule has 0 amide bonds. The second-order valence-corrected chi connectivity index (χ2v) is 6.17. The van der Waals surface area contributed by atoms with Crippen molar-refractivity contribution in [3.05, 3.63) is 59.9 Å². The molecule has 1 atom stereocenters. The molecule has 0 aliphatic carbocycles. The molecule has 0 aliphatic rings. The Morgan fingerprint density at radius 2 is 1.81 bits per heavy atom. The van der Waals surface area contributed by atoms with Crippen molar-refractivity contribution >= 4 is 0 Å². The van der Waals surface area contributed by atoms with Gasteiger partial charge in [-0.25, -0.2) is 0 Å². The molecule has 2 aromatic rings. The normalized spacial score (nSPS) is 12.8. The summed E-state index contributed by atoms with van der Waals surface area (Å²) in [4.78, 5) is 0. The second-order valence-electron chi connectivity index (χ2n) is 6.17. The molecule has 0 saturated carbocycles. The third-order valence-corrected chi connectivity index (χ3v) is 3.83. The van der Waals surface area contributed by atoms with E-state index in [2.05, 4.69) is 79.3 Å². The lowest BCUT2D eigenvalue weighted by Crippen LogP contribution is -2.23. The zero-order valence-corrected chi connectivity index (χ0v) is 13.5. The first-order valence-electron chi connectivity index (χ1n) is 8.13. The van der Waals surface area contributed by atoms with Crippen LogP contribution in [-0.2, 0) is 13.1 Å². The summed E-state index contributed by atoms with van der Waals surface area (Å²) in [5, 5.41) is 3.75. The molecule has 1 N–H and O–H groups in total. The maximum absolute atomic E-state index is 3.75. The van der Waals surface area contributed by atoms with Crippen molar-refractivity contribution in [2.45, 2.75) is 52.7 Å². The maximum Gasteiger partial charge on any atom is 0.0364 e. The Hall–Kier alpha value is -1.54. The Morgan fingerprint density at radius 3 is 2.48 bits per heavy atom. The Morgan fingerprint density at radius 1 is 1.05 bits per heavy atom. The van der Waals surface area contributed by atoms with Crippen LogP contribution in [-0.4, -0.2) is 4.57 Å². The van der Waals surface area contributed by atoms with Gasteiger partial charge in [0.25, 0.3) is 0 Å². The van der Waals surface area contributed by atoms with Crippen LogP contribution in [0.5, 0.6) is 0 Å². The number of hydrogen-bond acceptors (Lipinski definition) is 1. The molecule has 1 unspecified atom stereocenters. The van der Waals surface area contributed by atoms with Crippen LogP contribution in [0.3, 0.4) is 0 Å². The van der Waals surface area contributed by atoms with Crippen LogP contribution in [0.4, 0.5) is 0 Å². The van der Waals surface area contributed by atoms with Crippen LogP contribution in [0.2, 0.25) is 0 Å². The smallest absolute Gasteiger partial charge is 0.0364 e. The van der Waals surface area contributed by atoms with Gasteiger partial charge in [0.05, 0.1) is 0 Å². The number of rotatable bonds is 8. The number of nitrogens with zero attached hydrogens (tertiary/aromatic N) is 1. The first kappa shape index (κ1) is 15.8. The molecule has 114 valence electrons. The molecule has 0 fully saturated rings. The largest absolute Gasteiger partial charge is 0.350 e. The van der Waals surface area contributed by atoms with Gasteiger partial charge in [0.1, 0.15) is 0 Å².